The van der Waals surface area contributed by atoms with Crippen molar-refractivity contribution in [2.45, 2.75) is 33.2 Å². The van der Waals surface area contributed by atoms with Crippen molar-refractivity contribution in [3.63, 3.8) is 0 Å². The smallest absolute Gasteiger partial charge is 0.240 e. The molecule has 0 aliphatic heterocycles. The molecule has 4 heteroatoms. The van der Waals surface area contributed by atoms with Gasteiger partial charge >= 0.3 is 0 Å². The molecule has 3 N–H and O–H groups in total. The van der Waals surface area contributed by atoms with Crippen molar-refractivity contribution in [1.82, 2.24) is 0 Å². The highest BCUT2D eigenvalue weighted by atomic mass is 19.1. The van der Waals surface area contributed by atoms with Crippen LogP contribution < -0.4 is 11.1 Å². The molecule has 0 heterocycles. The summed E-state index contributed by atoms with van der Waals surface area (Å²) in [5.41, 5.74) is 5.70. The Hall–Kier alpha value is -1.58. The van der Waals surface area contributed by atoms with E-state index in [0.717, 1.165) is 6.42 Å². The lowest BCUT2D eigenvalue weighted by atomic mass is 9.91. The van der Waals surface area contributed by atoms with Crippen LogP contribution >= 0.6 is 0 Å². The van der Waals surface area contributed by atoms with Crippen molar-refractivity contribution in [2.24, 2.45) is 17.6 Å². The topological polar surface area (TPSA) is 55.1 Å². The maximum absolute atomic E-state index is 13.5. The van der Waals surface area contributed by atoms with E-state index in [-0.39, 0.29) is 11.7 Å². The van der Waals surface area contributed by atoms with E-state index in [9.17, 15) is 9.18 Å². The van der Waals surface area contributed by atoms with E-state index in [4.69, 9.17) is 5.73 Å². The first-order chi connectivity index (χ1) is 8.41. The van der Waals surface area contributed by atoms with Gasteiger partial charge in [0, 0.05) is 0 Å². The summed E-state index contributed by atoms with van der Waals surface area (Å²) in [4.78, 5) is 11.5. The number of carbonyl (C=O) groups is 1. The molecule has 0 aliphatic rings. The maximum Gasteiger partial charge on any atom is 0.240 e. The van der Waals surface area contributed by atoms with E-state index >= 15 is 0 Å². The van der Waals surface area contributed by atoms with Gasteiger partial charge in [0.25, 0.3) is 0 Å². The number of carbonyl (C=O) groups excluding carboxylic acids is 1. The number of primary amides is 1. The lowest BCUT2D eigenvalue weighted by Gasteiger charge is -2.24. The number of benzene rings is 1. The summed E-state index contributed by atoms with van der Waals surface area (Å²) < 4.78 is 13.5. The van der Waals surface area contributed by atoms with Crippen LogP contribution in [0.4, 0.5) is 10.1 Å². The molecule has 2 unspecified atom stereocenters. The molecule has 3 nitrogen and oxygen atoms in total. The molecule has 18 heavy (non-hydrogen) atoms. The SMILES string of the molecule is CC(C)CC(C)C(Nc1ccccc1F)C(N)=O. The Bertz CT molecular complexity index is 407. The zero-order valence-corrected chi connectivity index (χ0v) is 11.1. The predicted octanol–water partition coefficient (Wildman–Crippen LogP) is 2.77. The second-order valence-corrected chi connectivity index (χ2v) is 5.11. The molecule has 0 saturated carbocycles. The van der Waals surface area contributed by atoms with E-state index < -0.39 is 11.9 Å². The van der Waals surface area contributed by atoms with Crippen LogP contribution in [0.25, 0.3) is 0 Å². The summed E-state index contributed by atoms with van der Waals surface area (Å²) in [7, 11) is 0. The number of rotatable bonds is 6. The molecule has 0 bridgehead atoms. The molecule has 0 aromatic heterocycles. The third kappa shape index (κ3) is 4.02. The normalized spacial score (nSPS) is 14.3. The molecule has 0 aliphatic carbocycles. The summed E-state index contributed by atoms with van der Waals surface area (Å²) in [6, 6.07) is 5.73. The van der Waals surface area contributed by atoms with Crippen molar-refractivity contribution in [3.05, 3.63) is 30.1 Å². The lowest BCUT2D eigenvalue weighted by molar-refractivity contribution is -0.119. The van der Waals surface area contributed by atoms with Gasteiger partial charge in [-0.3, -0.25) is 4.79 Å². The molecule has 1 aromatic carbocycles. The number of nitrogens with one attached hydrogen (secondary N) is 1. The molecular weight excluding hydrogens is 231 g/mol. The van der Waals surface area contributed by atoms with Crippen LogP contribution in [0.5, 0.6) is 0 Å². The third-order valence-electron chi connectivity index (χ3n) is 2.90. The Kier molecular flexibility index (Phi) is 5.13. The summed E-state index contributed by atoms with van der Waals surface area (Å²) >= 11 is 0. The predicted molar refractivity (Wildman–Crippen MR) is 71.6 cm³/mol. The average Bonchev–Trinajstić information content (AvgIpc) is 2.26. The number of nitrogens with two attached hydrogens (primary N) is 1. The molecule has 0 spiro atoms. The fourth-order valence-corrected chi connectivity index (χ4v) is 2.12. The van der Waals surface area contributed by atoms with Crippen LogP contribution in [0.3, 0.4) is 0 Å². The highest BCUT2D eigenvalue weighted by Gasteiger charge is 2.24. The van der Waals surface area contributed by atoms with Crippen molar-refractivity contribution in [1.29, 1.82) is 0 Å². The largest absolute Gasteiger partial charge is 0.371 e. The van der Waals surface area contributed by atoms with Gasteiger partial charge in [-0.25, -0.2) is 4.39 Å². The Labute approximate surface area is 108 Å². The van der Waals surface area contributed by atoms with Gasteiger partial charge in [0.2, 0.25) is 5.91 Å². The van der Waals surface area contributed by atoms with Crippen LogP contribution in [0, 0.1) is 17.7 Å². The zero-order chi connectivity index (χ0) is 13.7. The van der Waals surface area contributed by atoms with E-state index in [2.05, 4.69) is 19.2 Å². The van der Waals surface area contributed by atoms with Gasteiger partial charge < -0.3 is 11.1 Å². The summed E-state index contributed by atoms with van der Waals surface area (Å²) in [6.45, 7) is 6.11. The van der Waals surface area contributed by atoms with E-state index in [1.165, 1.54) is 6.07 Å². The van der Waals surface area contributed by atoms with Gasteiger partial charge in [0.05, 0.1) is 5.69 Å². The standard InChI is InChI=1S/C14H21FN2O/c1-9(2)8-10(3)13(14(16)18)17-12-7-5-4-6-11(12)15/h4-7,9-10,13,17H,8H2,1-3H3,(H2,16,18). The molecular formula is C14H21FN2O. The minimum atomic E-state index is -0.552. The maximum atomic E-state index is 13.5. The van der Waals surface area contributed by atoms with Crippen LogP contribution in [0.15, 0.2) is 24.3 Å². The van der Waals surface area contributed by atoms with Crippen molar-refractivity contribution in [3.8, 4) is 0 Å². The molecule has 1 aromatic rings. The Balaban J connectivity index is 2.81. The van der Waals surface area contributed by atoms with Crippen LogP contribution in [-0.4, -0.2) is 11.9 Å². The molecule has 1 rings (SSSR count). The van der Waals surface area contributed by atoms with Crippen LogP contribution in [0.2, 0.25) is 0 Å². The molecule has 2 atom stereocenters. The van der Waals surface area contributed by atoms with Gasteiger partial charge in [0.15, 0.2) is 0 Å². The minimum Gasteiger partial charge on any atom is -0.371 e. The van der Waals surface area contributed by atoms with Gasteiger partial charge in [0.1, 0.15) is 11.9 Å². The Morgan fingerprint density at radius 2 is 1.94 bits per heavy atom. The quantitative estimate of drug-likeness (QED) is 0.818. The number of para-hydroxylation sites is 1. The fourth-order valence-electron chi connectivity index (χ4n) is 2.12. The number of hydrogen-bond donors (Lipinski definition) is 2. The third-order valence-corrected chi connectivity index (χ3v) is 2.90. The summed E-state index contributed by atoms with van der Waals surface area (Å²) in [6.07, 6.45) is 0.856. The highest BCUT2D eigenvalue weighted by Crippen LogP contribution is 2.20. The number of anilines is 1. The molecule has 0 saturated heterocycles. The van der Waals surface area contributed by atoms with Gasteiger partial charge in [-0.05, 0) is 30.4 Å². The number of hydrogen-bond acceptors (Lipinski definition) is 2. The first-order valence-electron chi connectivity index (χ1n) is 6.22. The van der Waals surface area contributed by atoms with Crippen molar-refractivity contribution in [2.75, 3.05) is 5.32 Å². The van der Waals surface area contributed by atoms with E-state index in [1.807, 2.05) is 6.92 Å². The molecule has 0 radical (unpaired) electrons. The van der Waals surface area contributed by atoms with Crippen molar-refractivity contribution < 1.29 is 9.18 Å². The average molecular weight is 252 g/mol. The van der Waals surface area contributed by atoms with E-state index in [1.54, 1.807) is 18.2 Å². The second kappa shape index (κ2) is 6.38. The first-order valence-corrected chi connectivity index (χ1v) is 6.22. The summed E-state index contributed by atoms with van der Waals surface area (Å²) in [5, 5.41) is 2.90. The zero-order valence-electron chi connectivity index (χ0n) is 11.1. The van der Waals surface area contributed by atoms with Gasteiger partial charge in [-0.2, -0.15) is 0 Å². The van der Waals surface area contributed by atoms with Gasteiger partial charge in [-0.15, -0.1) is 0 Å². The van der Waals surface area contributed by atoms with Crippen LogP contribution in [-0.2, 0) is 4.79 Å². The molecule has 1 amide bonds. The molecule has 0 fully saturated rings. The monoisotopic (exact) mass is 252 g/mol. The fraction of sp³-hybridized carbons (Fsp3) is 0.500. The first kappa shape index (κ1) is 14.5. The Morgan fingerprint density at radius 3 is 2.44 bits per heavy atom. The molecule has 100 valence electrons. The van der Waals surface area contributed by atoms with Crippen molar-refractivity contribution >= 4 is 11.6 Å². The number of amides is 1. The summed E-state index contributed by atoms with van der Waals surface area (Å²) in [5.74, 6) is -0.307. The lowest BCUT2D eigenvalue weighted by Crippen LogP contribution is -2.41. The number of halogens is 1. The van der Waals surface area contributed by atoms with Crippen LogP contribution in [0.1, 0.15) is 27.2 Å². The highest BCUT2D eigenvalue weighted by molar-refractivity contribution is 5.83. The minimum absolute atomic E-state index is 0.0575. The van der Waals surface area contributed by atoms with Gasteiger partial charge in [-0.1, -0.05) is 32.9 Å². The second-order valence-electron chi connectivity index (χ2n) is 5.11. The Morgan fingerprint density at radius 1 is 1.33 bits per heavy atom. The van der Waals surface area contributed by atoms with E-state index in [0.29, 0.717) is 11.6 Å².